The van der Waals surface area contributed by atoms with Crippen LogP contribution in [0.4, 0.5) is 11.5 Å². The molecule has 0 amide bonds. The summed E-state index contributed by atoms with van der Waals surface area (Å²) < 4.78 is 1.92. The average Bonchev–Trinajstić information content (AvgIpc) is 2.67. The maximum atomic E-state index is 6.28. The van der Waals surface area contributed by atoms with Gasteiger partial charge in [0.15, 0.2) is 0 Å². The fourth-order valence-electron chi connectivity index (χ4n) is 3.50. The van der Waals surface area contributed by atoms with E-state index in [0.717, 1.165) is 41.9 Å². The molecule has 1 aliphatic rings. The molecular weight excluding hydrogens is 248 g/mol. The van der Waals surface area contributed by atoms with E-state index in [-0.39, 0.29) is 0 Å². The first-order valence-electron chi connectivity index (χ1n) is 8.12. The van der Waals surface area contributed by atoms with E-state index in [9.17, 15) is 0 Å². The third kappa shape index (κ3) is 3.10. The van der Waals surface area contributed by atoms with Crippen molar-refractivity contribution >= 4 is 11.5 Å². The molecule has 1 saturated carbocycles. The molecule has 0 aliphatic heterocycles. The average molecular weight is 278 g/mol. The number of aromatic nitrogens is 2. The molecular formula is C16H30N4. The van der Waals surface area contributed by atoms with Crippen LogP contribution in [0.25, 0.3) is 0 Å². The van der Waals surface area contributed by atoms with Crippen LogP contribution in [-0.2, 0) is 13.5 Å². The van der Waals surface area contributed by atoms with Gasteiger partial charge in [0.1, 0.15) is 5.82 Å². The van der Waals surface area contributed by atoms with Gasteiger partial charge in [-0.25, -0.2) is 0 Å². The number of hydrogen-bond acceptors (Lipinski definition) is 3. The highest BCUT2D eigenvalue weighted by Gasteiger charge is 2.28. The first-order valence-corrected chi connectivity index (χ1v) is 8.12. The third-order valence-electron chi connectivity index (χ3n) is 4.64. The van der Waals surface area contributed by atoms with Gasteiger partial charge in [-0.3, -0.25) is 4.68 Å². The molecule has 2 atom stereocenters. The van der Waals surface area contributed by atoms with E-state index in [2.05, 4.69) is 31.2 Å². The van der Waals surface area contributed by atoms with Crippen molar-refractivity contribution in [1.82, 2.24) is 9.78 Å². The summed E-state index contributed by atoms with van der Waals surface area (Å²) in [6.45, 7) is 6.83. The molecule has 4 heteroatoms. The largest absolute Gasteiger partial charge is 0.394 e. The van der Waals surface area contributed by atoms with E-state index >= 15 is 0 Å². The van der Waals surface area contributed by atoms with Crippen molar-refractivity contribution in [2.24, 2.45) is 18.9 Å². The van der Waals surface area contributed by atoms with Crippen LogP contribution < -0.4 is 11.1 Å². The van der Waals surface area contributed by atoms with Crippen LogP contribution in [-0.4, -0.2) is 15.8 Å². The Morgan fingerprint density at radius 1 is 1.35 bits per heavy atom. The summed E-state index contributed by atoms with van der Waals surface area (Å²) in [4.78, 5) is 0. The minimum absolute atomic E-state index is 0.538. The van der Waals surface area contributed by atoms with Crippen LogP contribution in [0.15, 0.2) is 0 Å². The van der Waals surface area contributed by atoms with Crippen molar-refractivity contribution in [3.63, 3.8) is 0 Å². The van der Waals surface area contributed by atoms with Gasteiger partial charge in [0.25, 0.3) is 0 Å². The standard InChI is InChI=1S/C16H30N4/c1-5-8-14-15(17)16(20(4)19-14)18-13-10-7-6-9-12(13)11(2)3/h11-13,18H,5-10,17H2,1-4H3. The Balaban J connectivity index is 2.15. The minimum Gasteiger partial charge on any atom is -0.394 e. The summed E-state index contributed by atoms with van der Waals surface area (Å²) in [6, 6.07) is 0.538. The molecule has 1 aromatic heterocycles. The molecule has 2 unspecified atom stereocenters. The Labute approximate surface area is 123 Å². The van der Waals surface area contributed by atoms with E-state index in [0.29, 0.717) is 6.04 Å². The van der Waals surface area contributed by atoms with E-state index in [1.807, 2.05) is 11.7 Å². The molecule has 0 aromatic carbocycles. The second-order valence-corrected chi connectivity index (χ2v) is 6.53. The fourth-order valence-corrected chi connectivity index (χ4v) is 3.50. The van der Waals surface area contributed by atoms with Gasteiger partial charge in [-0.05, 0) is 31.1 Å². The van der Waals surface area contributed by atoms with Crippen LogP contribution >= 0.6 is 0 Å². The molecule has 0 radical (unpaired) electrons. The fraction of sp³-hybridized carbons (Fsp3) is 0.812. The molecule has 1 fully saturated rings. The number of anilines is 2. The zero-order valence-electron chi connectivity index (χ0n) is 13.4. The SMILES string of the molecule is CCCc1nn(C)c(NC2CCCCC2C(C)C)c1N. The minimum atomic E-state index is 0.538. The molecule has 0 saturated heterocycles. The van der Waals surface area contributed by atoms with Gasteiger partial charge in [-0.2, -0.15) is 5.10 Å². The number of nitrogens with two attached hydrogens (primary N) is 1. The van der Waals surface area contributed by atoms with Crippen molar-refractivity contribution in [2.45, 2.75) is 65.3 Å². The summed E-state index contributed by atoms with van der Waals surface area (Å²) >= 11 is 0. The smallest absolute Gasteiger partial charge is 0.148 e. The quantitative estimate of drug-likeness (QED) is 0.865. The normalized spacial score (nSPS) is 23.2. The van der Waals surface area contributed by atoms with Gasteiger partial charge in [-0.15, -0.1) is 0 Å². The Morgan fingerprint density at radius 3 is 2.70 bits per heavy atom. The molecule has 4 nitrogen and oxygen atoms in total. The molecule has 20 heavy (non-hydrogen) atoms. The molecule has 1 heterocycles. The highest BCUT2D eigenvalue weighted by atomic mass is 15.3. The van der Waals surface area contributed by atoms with Gasteiger partial charge in [0.05, 0.1) is 11.4 Å². The van der Waals surface area contributed by atoms with Crippen molar-refractivity contribution in [3.05, 3.63) is 5.69 Å². The monoisotopic (exact) mass is 278 g/mol. The van der Waals surface area contributed by atoms with Crippen LogP contribution in [0.2, 0.25) is 0 Å². The molecule has 3 N–H and O–H groups in total. The lowest BCUT2D eigenvalue weighted by atomic mass is 9.78. The van der Waals surface area contributed by atoms with Gasteiger partial charge in [0, 0.05) is 13.1 Å². The van der Waals surface area contributed by atoms with E-state index < -0.39 is 0 Å². The Bertz CT molecular complexity index is 436. The Kier molecular flexibility index (Phi) is 4.95. The Morgan fingerprint density at radius 2 is 2.05 bits per heavy atom. The number of rotatable bonds is 5. The van der Waals surface area contributed by atoms with Crippen molar-refractivity contribution in [2.75, 3.05) is 11.1 Å². The van der Waals surface area contributed by atoms with E-state index in [1.165, 1.54) is 25.7 Å². The number of nitrogens with zero attached hydrogens (tertiary/aromatic N) is 2. The number of nitrogen functional groups attached to an aromatic ring is 1. The first-order chi connectivity index (χ1) is 9.54. The summed E-state index contributed by atoms with van der Waals surface area (Å²) in [7, 11) is 1.99. The predicted octanol–water partition coefficient (Wildman–Crippen LogP) is 3.58. The lowest BCUT2D eigenvalue weighted by molar-refractivity contribution is 0.253. The predicted molar refractivity (Wildman–Crippen MR) is 85.8 cm³/mol. The maximum absolute atomic E-state index is 6.28. The van der Waals surface area contributed by atoms with Crippen molar-refractivity contribution in [3.8, 4) is 0 Å². The van der Waals surface area contributed by atoms with Gasteiger partial charge in [-0.1, -0.05) is 40.0 Å². The maximum Gasteiger partial charge on any atom is 0.148 e. The zero-order valence-corrected chi connectivity index (χ0v) is 13.4. The van der Waals surface area contributed by atoms with Crippen molar-refractivity contribution < 1.29 is 0 Å². The molecule has 0 bridgehead atoms. The molecule has 0 spiro atoms. The van der Waals surface area contributed by atoms with E-state index in [1.54, 1.807) is 0 Å². The highest BCUT2D eigenvalue weighted by molar-refractivity contribution is 5.65. The summed E-state index contributed by atoms with van der Waals surface area (Å²) in [5.41, 5.74) is 8.17. The number of hydrogen-bond donors (Lipinski definition) is 2. The Hall–Kier alpha value is -1.19. The van der Waals surface area contributed by atoms with Crippen LogP contribution in [0.3, 0.4) is 0 Å². The van der Waals surface area contributed by atoms with E-state index in [4.69, 9.17) is 5.73 Å². The third-order valence-corrected chi connectivity index (χ3v) is 4.64. The topological polar surface area (TPSA) is 55.9 Å². The first kappa shape index (κ1) is 15.2. The summed E-state index contributed by atoms with van der Waals surface area (Å²) in [5.74, 6) is 2.48. The molecule has 2 rings (SSSR count). The second kappa shape index (κ2) is 6.51. The molecule has 1 aliphatic carbocycles. The molecule has 114 valence electrons. The number of nitrogens with one attached hydrogen (secondary N) is 1. The second-order valence-electron chi connectivity index (χ2n) is 6.53. The van der Waals surface area contributed by atoms with Crippen molar-refractivity contribution in [1.29, 1.82) is 0 Å². The van der Waals surface area contributed by atoms with Crippen LogP contribution in [0.1, 0.15) is 58.6 Å². The lowest BCUT2D eigenvalue weighted by Crippen LogP contribution is -2.36. The number of aryl methyl sites for hydroxylation is 2. The lowest BCUT2D eigenvalue weighted by Gasteiger charge is -2.35. The van der Waals surface area contributed by atoms with Crippen LogP contribution in [0.5, 0.6) is 0 Å². The van der Waals surface area contributed by atoms with Gasteiger partial charge < -0.3 is 11.1 Å². The van der Waals surface area contributed by atoms with Crippen LogP contribution in [0, 0.1) is 11.8 Å². The highest BCUT2D eigenvalue weighted by Crippen LogP contribution is 2.34. The summed E-state index contributed by atoms with van der Waals surface area (Å²) in [5, 5.41) is 8.27. The van der Waals surface area contributed by atoms with Gasteiger partial charge >= 0.3 is 0 Å². The van der Waals surface area contributed by atoms with Gasteiger partial charge in [0.2, 0.25) is 0 Å². The summed E-state index contributed by atoms with van der Waals surface area (Å²) in [6.07, 6.45) is 7.30. The molecule has 1 aromatic rings. The zero-order chi connectivity index (χ0) is 14.7.